The summed E-state index contributed by atoms with van der Waals surface area (Å²) in [6.45, 7) is 5.12. The molecule has 2 N–H and O–H groups in total. The van der Waals surface area contributed by atoms with Crippen LogP contribution in [0.15, 0.2) is 23.2 Å². The molecule has 1 heterocycles. The number of guanidine groups is 1. The number of benzene rings is 1. The van der Waals surface area contributed by atoms with Crippen molar-refractivity contribution in [2.45, 2.75) is 32.4 Å². The summed E-state index contributed by atoms with van der Waals surface area (Å²) in [5.41, 5.74) is 0.775. The second-order valence-electron chi connectivity index (χ2n) is 6.93. The van der Waals surface area contributed by atoms with E-state index in [9.17, 15) is 13.6 Å². The van der Waals surface area contributed by atoms with Gasteiger partial charge >= 0.3 is 0 Å². The van der Waals surface area contributed by atoms with Gasteiger partial charge in [-0.25, -0.2) is 13.8 Å². The quantitative estimate of drug-likeness (QED) is 0.580. The first-order valence-electron chi connectivity index (χ1n) is 9.30. The summed E-state index contributed by atoms with van der Waals surface area (Å²) >= 11 is 0. The molecule has 0 bridgehead atoms. The van der Waals surface area contributed by atoms with Gasteiger partial charge in [0, 0.05) is 46.3 Å². The van der Waals surface area contributed by atoms with Crippen molar-refractivity contribution >= 4 is 11.9 Å². The molecule has 1 amide bonds. The molecule has 1 fully saturated rings. The number of halogens is 2. The van der Waals surface area contributed by atoms with E-state index in [1.165, 1.54) is 17.0 Å². The Bertz CT molecular complexity index is 658. The Labute approximate surface area is 159 Å². The molecule has 1 aromatic carbocycles. The van der Waals surface area contributed by atoms with Crippen molar-refractivity contribution < 1.29 is 13.6 Å². The van der Waals surface area contributed by atoms with Gasteiger partial charge in [-0.15, -0.1) is 0 Å². The summed E-state index contributed by atoms with van der Waals surface area (Å²) in [7, 11) is 3.42. The highest BCUT2D eigenvalue weighted by atomic mass is 19.2. The van der Waals surface area contributed by atoms with Crippen LogP contribution in [0.2, 0.25) is 0 Å². The van der Waals surface area contributed by atoms with Crippen molar-refractivity contribution in [2.24, 2.45) is 4.99 Å². The lowest BCUT2D eigenvalue weighted by Crippen LogP contribution is -2.48. The molecule has 0 aliphatic carbocycles. The van der Waals surface area contributed by atoms with Gasteiger partial charge in [0.05, 0.1) is 0 Å². The molecule has 2 rings (SSSR count). The number of hydrogen-bond acceptors (Lipinski definition) is 3. The molecule has 0 aromatic heterocycles. The lowest BCUT2D eigenvalue weighted by molar-refractivity contribution is -0.127. The van der Waals surface area contributed by atoms with Crippen molar-refractivity contribution in [3.8, 4) is 0 Å². The van der Waals surface area contributed by atoms with Crippen LogP contribution in [0.5, 0.6) is 0 Å². The molecule has 1 aromatic rings. The van der Waals surface area contributed by atoms with E-state index >= 15 is 0 Å². The number of aliphatic imine (C=N–C) groups is 1. The molecule has 0 spiro atoms. The molecular formula is C19H29F2N5O. The molecule has 0 atom stereocenters. The number of nitrogens with zero attached hydrogens (tertiary/aromatic N) is 3. The van der Waals surface area contributed by atoms with Crippen LogP contribution in [-0.4, -0.2) is 68.0 Å². The average Bonchev–Trinajstić information content (AvgIpc) is 2.64. The van der Waals surface area contributed by atoms with Gasteiger partial charge in [0.25, 0.3) is 0 Å². The Morgan fingerprint density at radius 2 is 1.96 bits per heavy atom. The highest BCUT2D eigenvalue weighted by molar-refractivity contribution is 5.84. The minimum atomic E-state index is -0.815. The topological polar surface area (TPSA) is 60.0 Å². The maximum Gasteiger partial charge on any atom is 0.243 e. The summed E-state index contributed by atoms with van der Waals surface area (Å²) in [4.78, 5) is 19.8. The fourth-order valence-corrected chi connectivity index (χ4v) is 2.93. The first-order valence-corrected chi connectivity index (χ1v) is 9.30. The maximum atomic E-state index is 13.3. The standard InChI is InChI=1S/C19H29F2N5O/c1-4-22-19(23-12-18(27)25(2)3)24-15-7-9-26(10-8-15)13-14-5-6-16(20)17(21)11-14/h5-6,11,15H,4,7-10,12-13H2,1-3H3,(H2,22,23,24). The number of rotatable bonds is 6. The van der Waals surface area contributed by atoms with Crippen LogP contribution >= 0.6 is 0 Å². The summed E-state index contributed by atoms with van der Waals surface area (Å²) in [5, 5.41) is 6.55. The Kier molecular flexibility index (Phi) is 7.97. The number of amides is 1. The van der Waals surface area contributed by atoms with Crippen LogP contribution in [0.25, 0.3) is 0 Å². The molecule has 0 saturated carbocycles. The summed E-state index contributed by atoms with van der Waals surface area (Å²) in [5.74, 6) is -1.02. The number of likely N-dealkylation sites (N-methyl/N-ethyl adjacent to an activating group) is 1. The van der Waals surface area contributed by atoms with Crippen molar-refractivity contribution in [2.75, 3.05) is 40.3 Å². The van der Waals surface area contributed by atoms with Crippen LogP contribution in [0.4, 0.5) is 8.78 Å². The zero-order valence-corrected chi connectivity index (χ0v) is 16.3. The van der Waals surface area contributed by atoms with E-state index in [0.717, 1.165) is 38.0 Å². The van der Waals surface area contributed by atoms with Crippen molar-refractivity contribution in [1.82, 2.24) is 20.4 Å². The van der Waals surface area contributed by atoms with Crippen molar-refractivity contribution in [3.05, 3.63) is 35.4 Å². The molecule has 0 radical (unpaired) electrons. The van der Waals surface area contributed by atoms with E-state index < -0.39 is 11.6 Å². The highest BCUT2D eigenvalue weighted by Gasteiger charge is 2.20. The van der Waals surface area contributed by atoms with Gasteiger partial charge in [-0.3, -0.25) is 9.69 Å². The first kappa shape index (κ1) is 21.1. The molecule has 1 saturated heterocycles. The second kappa shape index (κ2) is 10.2. The molecule has 0 unspecified atom stereocenters. The van der Waals surface area contributed by atoms with Gasteiger partial charge in [0.2, 0.25) is 5.91 Å². The van der Waals surface area contributed by atoms with E-state index in [0.29, 0.717) is 12.5 Å². The lowest BCUT2D eigenvalue weighted by Gasteiger charge is -2.33. The lowest BCUT2D eigenvalue weighted by atomic mass is 10.0. The zero-order chi connectivity index (χ0) is 19.8. The zero-order valence-electron chi connectivity index (χ0n) is 16.3. The summed E-state index contributed by atoms with van der Waals surface area (Å²) in [6.07, 6.45) is 1.82. The summed E-state index contributed by atoms with van der Waals surface area (Å²) < 4.78 is 26.4. The number of likely N-dealkylation sites (tertiary alicyclic amines) is 1. The number of nitrogens with one attached hydrogen (secondary N) is 2. The summed E-state index contributed by atoms with van der Waals surface area (Å²) in [6, 6.07) is 4.32. The van der Waals surface area contributed by atoms with E-state index in [-0.39, 0.29) is 18.5 Å². The third kappa shape index (κ3) is 6.78. The number of piperidine rings is 1. The predicted octanol–water partition coefficient (Wildman–Crippen LogP) is 1.57. The SMILES string of the molecule is CCNC(=NCC(=O)N(C)C)NC1CCN(Cc2ccc(F)c(F)c2)CC1. The minimum absolute atomic E-state index is 0.0476. The Balaban J connectivity index is 1.83. The third-order valence-corrected chi connectivity index (χ3v) is 4.53. The molecule has 6 nitrogen and oxygen atoms in total. The minimum Gasteiger partial charge on any atom is -0.357 e. The largest absolute Gasteiger partial charge is 0.357 e. The molecule has 1 aliphatic heterocycles. The second-order valence-corrected chi connectivity index (χ2v) is 6.93. The van der Waals surface area contributed by atoms with Gasteiger partial charge < -0.3 is 15.5 Å². The van der Waals surface area contributed by atoms with E-state index in [1.54, 1.807) is 20.2 Å². The van der Waals surface area contributed by atoms with Gasteiger partial charge in [0.15, 0.2) is 17.6 Å². The normalized spacial score (nSPS) is 16.3. The van der Waals surface area contributed by atoms with Gasteiger partial charge in [-0.1, -0.05) is 6.07 Å². The fourth-order valence-electron chi connectivity index (χ4n) is 2.93. The molecular weight excluding hydrogens is 352 g/mol. The van der Waals surface area contributed by atoms with E-state index in [2.05, 4.69) is 20.5 Å². The monoisotopic (exact) mass is 381 g/mol. The average molecular weight is 381 g/mol. The Morgan fingerprint density at radius 1 is 1.26 bits per heavy atom. The molecule has 150 valence electrons. The molecule has 27 heavy (non-hydrogen) atoms. The Hall–Kier alpha value is -2.22. The highest BCUT2D eigenvalue weighted by Crippen LogP contribution is 2.15. The van der Waals surface area contributed by atoms with Gasteiger partial charge in [0.1, 0.15) is 6.54 Å². The number of hydrogen-bond donors (Lipinski definition) is 2. The smallest absolute Gasteiger partial charge is 0.243 e. The fraction of sp³-hybridized carbons (Fsp3) is 0.579. The maximum absolute atomic E-state index is 13.3. The predicted molar refractivity (Wildman–Crippen MR) is 102 cm³/mol. The van der Waals surface area contributed by atoms with Crippen LogP contribution < -0.4 is 10.6 Å². The van der Waals surface area contributed by atoms with Crippen LogP contribution in [0, 0.1) is 11.6 Å². The van der Waals surface area contributed by atoms with Crippen LogP contribution in [-0.2, 0) is 11.3 Å². The van der Waals surface area contributed by atoms with E-state index in [1.807, 2.05) is 6.92 Å². The van der Waals surface area contributed by atoms with Crippen LogP contribution in [0.1, 0.15) is 25.3 Å². The van der Waals surface area contributed by atoms with Crippen molar-refractivity contribution in [1.29, 1.82) is 0 Å². The van der Waals surface area contributed by atoms with E-state index in [4.69, 9.17) is 0 Å². The number of carbonyl (C=O) groups is 1. The molecule has 8 heteroatoms. The number of carbonyl (C=O) groups excluding carboxylic acids is 1. The molecule has 1 aliphatic rings. The first-order chi connectivity index (χ1) is 12.9. The third-order valence-electron chi connectivity index (χ3n) is 4.53. The van der Waals surface area contributed by atoms with Gasteiger partial charge in [-0.05, 0) is 37.5 Å². The van der Waals surface area contributed by atoms with Crippen molar-refractivity contribution in [3.63, 3.8) is 0 Å². The van der Waals surface area contributed by atoms with Crippen LogP contribution in [0.3, 0.4) is 0 Å². The Morgan fingerprint density at radius 3 is 2.56 bits per heavy atom. The van der Waals surface area contributed by atoms with Gasteiger partial charge in [-0.2, -0.15) is 0 Å².